The molecule has 7 rings (SSSR count). The van der Waals surface area contributed by atoms with Crippen LogP contribution in [0.5, 0.6) is 28.7 Å². The molecule has 0 spiro atoms. The van der Waals surface area contributed by atoms with E-state index in [1.54, 1.807) is 22.7 Å². The van der Waals surface area contributed by atoms with Crippen LogP contribution in [0.2, 0.25) is 0 Å². The van der Waals surface area contributed by atoms with Crippen molar-refractivity contribution < 1.29 is 48.3 Å². The zero-order valence-electron chi connectivity index (χ0n) is 42.0. The van der Waals surface area contributed by atoms with E-state index in [1.165, 1.54) is 44.9 Å². The summed E-state index contributed by atoms with van der Waals surface area (Å²) in [5.74, 6) is 1.34. The van der Waals surface area contributed by atoms with E-state index in [1.807, 2.05) is 49.4 Å². The van der Waals surface area contributed by atoms with Gasteiger partial charge in [-0.1, -0.05) is 101 Å². The lowest BCUT2D eigenvalue weighted by Crippen LogP contribution is -2.70. The van der Waals surface area contributed by atoms with Crippen LogP contribution in [0.25, 0.3) is 0 Å². The standard InChI is InChI=1S/C57H78N2O10S/c1-5-8-9-10-11-12-13-14-15-20-34-63-56(62)59(39-41-23-29-51-52(35-41)65-40-64-51)53-38-49(58-67-7-3)47-36-42(21-16-18-31-60)46(22-17-19-32-61)54-48-37-44(68-43-24-27-45(70-4)28-25-43)26-30-50(48)69-57(53,55(47)54)66-33-6-2/h6,23-30,35-37,42,46,53-55,60-61H,2,5,7-22,31-34,38-40H2,1,3-4H3/t42-,46+,53-,54+,55+,57+/m0/s1. The molecule has 1 amide bonds. The number of fused-ring (bicyclic) bond motifs is 3. The van der Waals surface area contributed by atoms with E-state index in [2.05, 4.69) is 44.0 Å². The number of hydrogen-bond donors (Lipinski definition) is 2. The van der Waals surface area contributed by atoms with E-state index in [9.17, 15) is 10.2 Å². The molecule has 70 heavy (non-hydrogen) atoms. The molecular formula is C57H78N2O10S. The number of nitrogens with zero attached hydrogens (tertiary/aromatic N) is 2. The van der Waals surface area contributed by atoms with Crippen LogP contribution in [0.3, 0.4) is 0 Å². The van der Waals surface area contributed by atoms with Crippen molar-refractivity contribution in [2.45, 2.75) is 152 Å². The topological polar surface area (TPSA) is 138 Å². The third-order valence-corrected chi connectivity index (χ3v) is 15.1. The summed E-state index contributed by atoms with van der Waals surface area (Å²) < 4.78 is 39.1. The SMILES string of the molecule is C=CCO[C@@]12Oc3ccc(Oc4ccc(SC)cc4)cc3[C@H]3[C@H](CCCCO)[C@@H](CCCCO)C=C(C(=NOCC)C[C@@H]1N(Cc1ccc4c(c1)OCO4)C(=O)OCCCCCCCCCCCC)[C@H]32. The van der Waals surface area contributed by atoms with Crippen LogP contribution in [0.15, 0.2) is 95.0 Å². The lowest BCUT2D eigenvalue weighted by atomic mass is 9.55. The van der Waals surface area contributed by atoms with Gasteiger partial charge in [-0.05, 0) is 123 Å². The Balaban J connectivity index is 1.32. The minimum atomic E-state index is -1.45. The smallest absolute Gasteiger partial charge is 0.410 e. The fourth-order valence-electron chi connectivity index (χ4n) is 11.0. The van der Waals surface area contributed by atoms with Crippen molar-refractivity contribution in [2.24, 2.45) is 22.9 Å². The molecule has 0 unspecified atom stereocenters. The van der Waals surface area contributed by atoms with Crippen LogP contribution in [0, 0.1) is 17.8 Å². The number of oxime groups is 1. The Kier molecular flexibility index (Phi) is 20.7. The third-order valence-electron chi connectivity index (χ3n) is 14.4. The molecule has 3 aromatic rings. The summed E-state index contributed by atoms with van der Waals surface area (Å²) in [6.07, 6.45) is 22.3. The van der Waals surface area contributed by atoms with E-state index >= 15 is 4.79 Å². The summed E-state index contributed by atoms with van der Waals surface area (Å²) in [6.45, 7) is 9.56. The second-order valence-electron chi connectivity index (χ2n) is 19.1. The minimum Gasteiger partial charge on any atom is -0.459 e. The Hall–Kier alpha value is -4.69. The number of ether oxygens (including phenoxy) is 6. The van der Waals surface area contributed by atoms with Crippen LogP contribution in [-0.4, -0.2) is 84.8 Å². The molecule has 382 valence electrons. The third kappa shape index (κ3) is 13.2. The van der Waals surface area contributed by atoms with Gasteiger partial charge in [0.2, 0.25) is 12.6 Å². The highest BCUT2D eigenvalue weighted by molar-refractivity contribution is 7.98. The molecule has 2 N–H and O–H groups in total. The first-order chi connectivity index (χ1) is 34.4. The zero-order chi connectivity index (χ0) is 49.1. The van der Waals surface area contributed by atoms with Gasteiger partial charge in [0.25, 0.3) is 0 Å². The normalized spacial score (nSPS) is 22.4. The molecule has 0 saturated heterocycles. The van der Waals surface area contributed by atoms with Crippen molar-refractivity contribution >= 4 is 23.6 Å². The van der Waals surface area contributed by atoms with Crippen molar-refractivity contribution in [1.29, 1.82) is 0 Å². The van der Waals surface area contributed by atoms with Gasteiger partial charge in [0.15, 0.2) is 11.5 Å². The van der Waals surface area contributed by atoms with Crippen LogP contribution >= 0.6 is 11.8 Å². The number of carbonyl (C=O) groups is 1. The van der Waals surface area contributed by atoms with Gasteiger partial charge in [0, 0.05) is 42.6 Å². The molecule has 1 fully saturated rings. The Labute approximate surface area is 421 Å². The van der Waals surface area contributed by atoms with Gasteiger partial charge >= 0.3 is 6.09 Å². The lowest BCUT2D eigenvalue weighted by molar-refractivity contribution is -0.256. The van der Waals surface area contributed by atoms with Crippen LogP contribution < -0.4 is 18.9 Å². The van der Waals surface area contributed by atoms with Crippen LogP contribution in [-0.2, 0) is 20.9 Å². The average molecular weight is 983 g/mol. The molecule has 2 aliphatic heterocycles. The monoisotopic (exact) mass is 983 g/mol. The maximum absolute atomic E-state index is 15.1. The molecule has 13 heteroatoms. The number of hydrogen-bond acceptors (Lipinski definition) is 12. The molecule has 0 radical (unpaired) electrons. The number of aliphatic hydroxyl groups is 2. The highest BCUT2D eigenvalue weighted by Gasteiger charge is 2.65. The van der Waals surface area contributed by atoms with Gasteiger partial charge in [0.1, 0.15) is 29.9 Å². The largest absolute Gasteiger partial charge is 0.459 e. The number of rotatable bonds is 30. The second kappa shape index (κ2) is 27.2. The molecule has 4 aliphatic rings. The van der Waals surface area contributed by atoms with Crippen molar-refractivity contribution in [3.8, 4) is 28.7 Å². The van der Waals surface area contributed by atoms with E-state index in [0.717, 1.165) is 78.0 Å². The second-order valence-corrected chi connectivity index (χ2v) is 20.0. The molecule has 1 saturated carbocycles. The maximum Gasteiger partial charge on any atom is 0.410 e. The van der Waals surface area contributed by atoms with Crippen molar-refractivity contribution in [2.75, 3.05) is 46.1 Å². The first kappa shape index (κ1) is 53.1. The summed E-state index contributed by atoms with van der Waals surface area (Å²) in [5.41, 5.74) is 3.51. The molecule has 6 atom stereocenters. The zero-order valence-corrected chi connectivity index (χ0v) is 42.8. The Morgan fingerprint density at radius 2 is 1.54 bits per heavy atom. The van der Waals surface area contributed by atoms with Gasteiger partial charge in [-0.3, -0.25) is 4.90 Å². The maximum atomic E-state index is 15.1. The minimum absolute atomic E-state index is 0.0576. The van der Waals surface area contributed by atoms with Crippen LogP contribution in [0.1, 0.15) is 140 Å². The highest BCUT2D eigenvalue weighted by Crippen LogP contribution is 2.62. The van der Waals surface area contributed by atoms with Crippen molar-refractivity contribution in [3.05, 3.63) is 96.1 Å². The number of benzene rings is 3. The summed E-state index contributed by atoms with van der Waals surface area (Å²) in [6, 6.07) is 19.1. The van der Waals surface area contributed by atoms with Gasteiger partial charge in [-0.25, -0.2) is 4.79 Å². The van der Waals surface area contributed by atoms with Gasteiger partial charge in [-0.2, -0.15) is 0 Å². The van der Waals surface area contributed by atoms with E-state index in [0.29, 0.717) is 42.4 Å². The number of aliphatic hydroxyl groups excluding tert-OH is 2. The van der Waals surface area contributed by atoms with E-state index in [4.69, 9.17) is 38.4 Å². The molecule has 3 aromatic carbocycles. The van der Waals surface area contributed by atoms with Crippen molar-refractivity contribution in [3.63, 3.8) is 0 Å². The predicted octanol–water partition coefficient (Wildman–Crippen LogP) is 13.1. The van der Waals surface area contributed by atoms with Gasteiger partial charge < -0.3 is 43.5 Å². The Morgan fingerprint density at radius 1 is 0.843 bits per heavy atom. The number of thioether (sulfide) groups is 1. The fraction of sp³-hybridized carbons (Fsp3) is 0.579. The average Bonchev–Trinajstić information content (AvgIpc) is 3.85. The summed E-state index contributed by atoms with van der Waals surface area (Å²) in [7, 11) is 0. The number of carbonyl (C=O) groups excluding carboxylic acids is 1. The predicted molar refractivity (Wildman–Crippen MR) is 276 cm³/mol. The van der Waals surface area contributed by atoms with Crippen LogP contribution in [0.4, 0.5) is 4.79 Å². The quantitative estimate of drug-likeness (QED) is 0.0286. The summed E-state index contributed by atoms with van der Waals surface area (Å²) >= 11 is 1.68. The lowest BCUT2D eigenvalue weighted by Gasteiger charge is -2.59. The molecule has 0 bridgehead atoms. The van der Waals surface area contributed by atoms with Gasteiger partial charge in [0.05, 0.1) is 24.8 Å². The molecule has 2 aliphatic carbocycles. The Morgan fingerprint density at radius 3 is 2.26 bits per heavy atom. The van der Waals surface area contributed by atoms with Crippen molar-refractivity contribution in [1.82, 2.24) is 4.90 Å². The molecule has 2 heterocycles. The first-order valence-electron chi connectivity index (χ1n) is 26.2. The molecule has 0 aromatic heterocycles. The Bertz CT molecular complexity index is 2180. The number of unbranched alkanes of at least 4 members (excludes halogenated alkanes) is 11. The first-order valence-corrected chi connectivity index (χ1v) is 27.4. The fourth-order valence-corrected chi connectivity index (χ4v) is 11.4. The summed E-state index contributed by atoms with van der Waals surface area (Å²) in [5, 5.41) is 24.9. The molecular weight excluding hydrogens is 905 g/mol. The molecule has 12 nitrogen and oxygen atoms in total. The number of amides is 1. The highest BCUT2D eigenvalue weighted by atomic mass is 32.2. The van der Waals surface area contributed by atoms with E-state index in [-0.39, 0.29) is 63.9 Å². The number of allylic oxidation sites excluding steroid dienone is 1. The summed E-state index contributed by atoms with van der Waals surface area (Å²) in [4.78, 5) is 24.0. The van der Waals surface area contributed by atoms with Gasteiger partial charge in [-0.15, -0.1) is 18.3 Å². The van der Waals surface area contributed by atoms with E-state index < -0.39 is 23.8 Å².